The van der Waals surface area contributed by atoms with Gasteiger partial charge < -0.3 is 5.32 Å². The first-order chi connectivity index (χ1) is 8.22. The summed E-state index contributed by atoms with van der Waals surface area (Å²) in [5.74, 6) is 1.17. The van der Waals surface area contributed by atoms with Gasteiger partial charge in [-0.05, 0) is 12.1 Å². The van der Waals surface area contributed by atoms with E-state index in [1.807, 2.05) is 30.3 Å². The fourth-order valence-corrected chi connectivity index (χ4v) is 1.79. The van der Waals surface area contributed by atoms with Crippen molar-refractivity contribution in [2.75, 3.05) is 12.4 Å². The third-order valence-corrected chi connectivity index (χ3v) is 2.67. The van der Waals surface area contributed by atoms with Crippen LogP contribution in [0.25, 0.3) is 11.4 Å². The molecule has 1 aromatic heterocycles. The lowest BCUT2D eigenvalue weighted by Gasteiger charge is -2.04. The Hall–Kier alpha value is -1.93. The summed E-state index contributed by atoms with van der Waals surface area (Å²) in [4.78, 5) is 8.50. The molecule has 0 fully saturated rings. The fraction of sp³-hybridized carbons (Fsp3) is 0.0833. The lowest BCUT2D eigenvalue weighted by Crippen LogP contribution is -1.98. The molecule has 17 heavy (non-hydrogen) atoms. The topological polar surface area (TPSA) is 61.6 Å². The Kier molecular flexibility index (Phi) is 3.35. The molecule has 0 aliphatic rings. The van der Waals surface area contributed by atoms with Gasteiger partial charge in [-0.15, -0.1) is 0 Å². The number of rotatable bonds is 2. The predicted molar refractivity (Wildman–Crippen MR) is 69.4 cm³/mol. The first-order valence-electron chi connectivity index (χ1n) is 4.96. The summed E-state index contributed by atoms with van der Waals surface area (Å²) in [5.41, 5.74) is 1.22. The largest absolute Gasteiger partial charge is 0.373 e. The molecule has 5 heteroatoms. The second-order valence-electron chi connectivity index (χ2n) is 3.33. The Morgan fingerprint density at radius 1 is 1.29 bits per heavy atom. The van der Waals surface area contributed by atoms with E-state index in [9.17, 15) is 0 Å². The van der Waals surface area contributed by atoms with Gasteiger partial charge in [0.15, 0.2) is 5.82 Å². The Labute approximate surface area is 107 Å². The molecule has 2 aromatic rings. The first kappa shape index (κ1) is 11.6. The van der Waals surface area contributed by atoms with E-state index in [-0.39, 0.29) is 0 Å². The normalized spacial score (nSPS) is 9.71. The van der Waals surface area contributed by atoms with Crippen LogP contribution in [-0.4, -0.2) is 17.0 Å². The summed E-state index contributed by atoms with van der Waals surface area (Å²) >= 11 is 3.39. The number of benzene rings is 1. The molecule has 0 spiro atoms. The summed E-state index contributed by atoms with van der Waals surface area (Å²) in [6.45, 7) is 0. The van der Waals surface area contributed by atoms with Crippen LogP contribution in [0.1, 0.15) is 5.69 Å². The quantitative estimate of drug-likeness (QED) is 0.923. The van der Waals surface area contributed by atoms with Crippen LogP contribution in [-0.2, 0) is 0 Å². The highest BCUT2D eigenvalue weighted by Crippen LogP contribution is 2.21. The summed E-state index contributed by atoms with van der Waals surface area (Å²) in [6.07, 6.45) is 0. The molecule has 1 N–H and O–H groups in total. The highest BCUT2D eigenvalue weighted by molar-refractivity contribution is 9.10. The Morgan fingerprint density at radius 2 is 2.12 bits per heavy atom. The number of nitrogens with one attached hydrogen (secondary N) is 1. The Balaban J connectivity index is 2.55. The zero-order chi connectivity index (χ0) is 12.3. The maximum Gasteiger partial charge on any atom is 0.163 e. The van der Waals surface area contributed by atoms with Crippen LogP contribution in [0.3, 0.4) is 0 Å². The van der Waals surface area contributed by atoms with Gasteiger partial charge in [0.1, 0.15) is 17.6 Å². The molecule has 0 bridgehead atoms. The van der Waals surface area contributed by atoms with E-state index in [1.54, 1.807) is 13.1 Å². The summed E-state index contributed by atoms with van der Waals surface area (Å²) in [6, 6.07) is 11.3. The van der Waals surface area contributed by atoms with Crippen LogP contribution in [0, 0.1) is 11.3 Å². The summed E-state index contributed by atoms with van der Waals surface area (Å²) in [5, 5.41) is 11.8. The molecule has 0 aliphatic carbocycles. The predicted octanol–water partition coefficient (Wildman–Crippen LogP) is 2.82. The van der Waals surface area contributed by atoms with E-state index in [2.05, 4.69) is 31.2 Å². The minimum atomic E-state index is 0.347. The van der Waals surface area contributed by atoms with Crippen molar-refractivity contribution in [2.45, 2.75) is 0 Å². The third kappa shape index (κ3) is 2.60. The van der Waals surface area contributed by atoms with E-state index in [0.717, 1.165) is 10.0 Å². The maximum absolute atomic E-state index is 8.91. The van der Waals surface area contributed by atoms with Crippen molar-refractivity contribution < 1.29 is 0 Å². The van der Waals surface area contributed by atoms with Crippen LogP contribution in [0.5, 0.6) is 0 Å². The zero-order valence-corrected chi connectivity index (χ0v) is 10.7. The number of hydrogen-bond acceptors (Lipinski definition) is 4. The van der Waals surface area contributed by atoms with Gasteiger partial charge >= 0.3 is 0 Å². The van der Waals surface area contributed by atoms with Crippen molar-refractivity contribution in [3.63, 3.8) is 0 Å². The molecule has 0 saturated carbocycles. The molecule has 1 aromatic carbocycles. The van der Waals surface area contributed by atoms with Gasteiger partial charge in [-0.1, -0.05) is 28.1 Å². The number of anilines is 1. The highest BCUT2D eigenvalue weighted by Gasteiger charge is 2.06. The molecular weight excluding hydrogens is 280 g/mol. The van der Waals surface area contributed by atoms with Crippen LogP contribution in [0.4, 0.5) is 5.82 Å². The van der Waals surface area contributed by atoms with E-state index < -0.39 is 0 Å². The maximum atomic E-state index is 8.91. The van der Waals surface area contributed by atoms with Crippen molar-refractivity contribution in [2.24, 2.45) is 0 Å². The van der Waals surface area contributed by atoms with Crippen molar-refractivity contribution in [3.05, 3.63) is 40.5 Å². The van der Waals surface area contributed by atoms with Gasteiger partial charge in [0.2, 0.25) is 0 Å². The van der Waals surface area contributed by atoms with E-state index in [0.29, 0.717) is 17.3 Å². The first-order valence-corrected chi connectivity index (χ1v) is 5.75. The molecule has 2 rings (SSSR count). The summed E-state index contributed by atoms with van der Waals surface area (Å²) < 4.78 is 0.951. The second kappa shape index (κ2) is 4.93. The molecule has 0 amide bonds. The van der Waals surface area contributed by atoms with Crippen molar-refractivity contribution in [1.82, 2.24) is 9.97 Å². The highest BCUT2D eigenvalue weighted by atomic mass is 79.9. The molecule has 0 aliphatic heterocycles. The molecule has 0 atom stereocenters. The number of hydrogen-bond donors (Lipinski definition) is 1. The second-order valence-corrected chi connectivity index (χ2v) is 4.25. The van der Waals surface area contributed by atoms with Crippen molar-refractivity contribution >= 4 is 21.7 Å². The minimum Gasteiger partial charge on any atom is -0.373 e. The number of nitrogens with zero attached hydrogens (tertiary/aromatic N) is 3. The standard InChI is InChI=1S/C12H9BrN4/c1-15-11-6-10(7-14)16-12(17-11)8-3-2-4-9(13)5-8/h2-6H,1H3,(H,15,16,17). The lowest BCUT2D eigenvalue weighted by atomic mass is 10.2. The van der Waals surface area contributed by atoms with E-state index in [4.69, 9.17) is 5.26 Å². The molecule has 0 radical (unpaired) electrons. The lowest BCUT2D eigenvalue weighted by molar-refractivity contribution is 1.14. The average molecular weight is 289 g/mol. The van der Waals surface area contributed by atoms with Crippen LogP contribution < -0.4 is 5.32 Å². The van der Waals surface area contributed by atoms with Crippen LogP contribution >= 0.6 is 15.9 Å². The SMILES string of the molecule is CNc1cc(C#N)nc(-c2cccc(Br)c2)n1. The minimum absolute atomic E-state index is 0.347. The zero-order valence-electron chi connectivity index (χ0n) is 9.11. The smallest absolute Gasteiger partial charge is 0.163 e. The van der Waals surface area contributed by atoms with Gasteiger partial charge in [0.25, 0.3) is 0 Å². The molecule has 1 heterocycles. The van der Waals surface area contributed by atoms with Gasteiger partial charge in [-0.2, -0.15) is 5.26 Å². The third-order valence-electron chi connectivity index (χ3n) is 2.18. The number of nitriles is 1. The van der Waals surface area contributed by atoms with E-state index in [1.165, 1.54) is 0 Å². The molecule has 84 valence electrons. The molecule has 0 unspecified atom stereocenters. The van der Waals surface area contributed by atoms with Crippen LogP contribution in [0.2, 0.25) is 0 Å². The fourth-order valence-electron chi connectivity index (χ4n) is 1.39. The molecule has 0 saturated heterocycles. The average Bonchev–Trinajstić information content (AvgIpc) is 2.38. The van der Waals surface area contributed by atoms with Crippen molar-refractivity contribution in [1.29, 1.82) is 5.26 Å². The number of aromatic nitrogens is 2. The molecule has 4 nitrogen and oxygen atoms in total. The van der Waals surface area contributed by atoms with Crippen LogP contribution in [0.15, 0.2) is 34.8 Å². The van der Waals surface area contributed by atoms with Gasteiger partial charge in [-0.25, -0.2) is 9.97 Å². The van der Waals surface area contributed by atoms with Gasteiger partial charge in [0, 0.05) is 23.2 Å². The van der Waals surface area contributed by atoms with E-state index >= 15 is 0 Å². The van der Waals surface area contributed by atoms with Gasteiger partial charge in [0.05, 0.1) is 0 Å². The van der Waals surface area contributed by atoms with Gasteiger partial charge in [-0.3, -0.25) is 0 Å². The Bertz CT molecular complexity index is 589. The monoisotopic (exact) mass is 288 g/mol. The summed E-state index contributed by atoms with van der Waals surface area (Å²) in [7, 11) is 1.76. The van der Waals surface area contributed by atoms with Crippen molar-refractivity contribution in [3.8, 4) is 17.5 Å². The molecular formula is C12H9BrN4. The Morgan fingerprint density at radius 3 is 2.76 bits per heavy atom. The number of halogens is 1.